The molecule has 1 amide bonds. The van der Waals surface area contributed by atoms with Crippen LogP contribution in [0.4, 0.5) is 5.82 Å². The van der Waals surface area contributed by atoms with Gasteiger partial charge in [0.1, 0.15) is 5.82 Å². The molecule has 0 unspecified atom stereocenters. The zero-order valence-electron chi connectivity index (χ0n) is 12.7. The summed E-state index contributed by atoms with van der Waals surface area (Å²) < 4.78 is 0. The molecule has 0 radical (unpaired) electrons. The van der Waals surface area contributed by atoms with Crippen molar-refractivity contribution in [1.82, 2.24) is 15.2 Å². The van der Waals surface area contributed by atoms with Crippen molar-refractivity contribution in [2.75, 3.05) is 39.0 Å². The average Bonchev–Trinajstić information content (AvgIpc) is 2.49. The molecule has 1 aromatic rings. The van der Waals surface area contributed by atoms with Crippen molar-refractivity contribution in [3.8, 4) is 0 Å². The highest BCUT2D eigenvalue weighted by Crippen LogP contribution is 2.20. The second-order valence-electron chi connectivity index (χ2n) is 5.59. The van der Waals surface area contributed by atoms with Gasteiger partial charge >= 0.3 is 0 Å². The predicted octanol–water partition coefficient (Wildman–Crippen LogP) is 2.24. The van der Waals surface area contributed by atoms with Crippen LogP contribution >= 0.6 is 11.6 Å². The van der Waals surface area contributed by atoms with E-state index >= 15 is 0 Å². The highest BCUT2D eigenvalue weighted by molar-refractivity contribution is 6.33. The molecule has 0 aromatic carbocycles. The number of rotatable bonds is 5. The second kappa shape index (κ2) is 7.61. The Morgan fingerprint density at radius 2 is 2.19 bits per heavy atom. The van der Waals surface area contributed by atoms with Crippen molar-refractivity contribution < 1.29 is 4.79 Å². The number of aromatic nitrogens is 1. The number of amides is 1. The lowest BCUT2D eigenvalue weighted by atomic mass is 9.94. The SMILES string of the molecule is CNc1cc(C(=O)NCCC2CCN(C)CC2)c(Cl)cn1. The first kappa shape index (κ1) is 16.0. The molecule has 6 heteroatoms. The number of anilines is 1. The molecule has 21 heavy (non-hydrogen) atoms. The van der Waals surface area contributed by atoms with Gasteiger partial charge in [-0.3, -0.25) is 4.79 Å². The van der Waals surface area contributed by atoms with Gasteiger partial charge in [0, 0.05) is 19.8 Å². The first-order valence-electron chi connectivity index (χ1n) is 7.40. The monoisotopic (exact) mass is 310 g/mol. The molecule has 0 spiro atoms. The molecular formula is C15H23ClN4O. The lowest BCUT2D eigenvalue weighted by Crippen LogP contribution is -2.32. The Balaban J connectivity index is 1.82. The average molecular weight is 311 g/mol. The van der Waals surface area contributed by atoms with Gasteiger partial charge in [0.2, 0.25) is 0 Å². The standard InChI is InChI=1S/C15H23ClN4O/c1-17-14-9-12(13(16)10-19-14)15(21)18-6-3-11-4-7-20(2)8-5-11/h9-11H,3-8H2,1-2H3,(H,17,19)(H,18,21). The molecule has 0 aliphatic carbocycles. The molecule has 2 heterocycles. The fraction of sp³-hybridized carbons (Fsp3) is 0.600. The van der Waals surface area contributed by atoms with Crippen molar-refractivity contribution in [1.29, 1.82) is 0 Å². The molecule has 0 atom stereocenters. The van der Waals surface area contributed by atoms with E-state index in [9.17, 15) is 4.79 Å². The van der Waals surface area contributed by atoms with Gasteiger partial charge < -0.3 is 15.5 Å². The molecule has 5 nitrogen and oxygen atoms in total. The van der Waals surface area contributed by atoms with Crippen LogP contribution in [-0.2, 0) is 0 Å². The summed E-state index contributed by atoms with van der Waals surface area (Å²) in [5.41, 5.74) is 0.472. The maximum Gasteiger partial charge on any atom is 0.252 e. The lowest BCUT2D eigenvalue weighted by molar-refractivity contribution is 0.0949. The summed E-state index contributed by atoms with van der Waals surface area (Å²) in [5, 5.41) is 6.24. The second-order valence-corrected chi connectivity index (χ2v) is 6.00. The highest BCUT2D eigenvalue weighted by Gasteiger charge is 2.17. The van der Waals surface area contributed by atoms with Gasteiger partial charge in [0.05, 0.1) is 10.6 Å². The minimum Gasteiger partial charge on any atom is -0.373 e. The van der Waals surface area contributed by atoms with Crippen LogP contribution in [0.15, 0.2) is 12.3 Å². The zero-order chi connectivity index (χ0) is 15.2. The van der Waals surface area contributed by atoms with Gasteiger partial charge in [-0.1, -0.05) is 11.6 Å². The van der Waals surface area contributed by atoms with E-state index in [0.717, 1.165) is 19.5 Å². The summed E-state index contributed by atoms with van der Waals surface area (Å²) in [7, 11) is 3.92. The number of likely N-dealkylation sites (tertiary alicyclic amines) is 1. The molecule has 0 saturated carbocycles. The molecule has 2 rings (SSSR count). The third-order valence-electron chi connectivity index (χ3n) is 4.03. The minimum atomic E-state index is -0.133. The van der Waals surface area contributed by atoms with E-state index < -0.39 is 0 Å². The van der Waals surface area contributed by atoms with Crippen molar-refractivity contribution >= 4 is 23.3 Å². The van der Waals surface area contributed by atoms with Crippen LogP contribution in [0.25, 0.3) is 0 Å². The fourth-order valence-corrected chi connectivity index (χ4v) is 2.77. The van der Waals surface area contributed by atoms with Gasteiger partial charge in [-0.2, -0.15) is 0 Å². The van der Waals surface area contributed by atoms with Crippen molar-refractivity contribution in [2.24, 2.45) is 5.92 Å². The van der Waals surface area contributed by atoms with Gasteiger partial charge in [-0.05, 0) is 51.4 Å². The van der Waals surface area contributed by atoms with Crippen molar-refractivity contribution in [3.05, 3.63) is 22.8 Å². The fourth-order valence-electron chi connectivity index (χ4n) is 2.59. The Kier molecular flexibility index (Phi) is 5.82. The quantitative estimate of drug-likeness (QED) is 0.876. The van der Waals surface area contributed by atoms with E-state index in [1.54, 1.807) is 13.1 Å². The predicted molar refractivity (Wildman–Crippen MR) is 86.0 cm³/mol. The Morgan fingerprint density at radius 1 is 1.48 bits per heavy atom. The maximum atomic E-state index is 12.2. The van der Waals surface area contributed by atoms with Crippen LogP contribution in [-0.4, -0.2) is 49.5 Å². The van der Waals surface area contributed by atoms with Crippen molar-refractivity contribution in [3.63, 3.8) is 0 Å². The number of piperidine rings is 1. The van der Waals surface area contributed by atoms with Crippen LogP contribution < -0.4 is 10.6 Å². The first-order valence-corrected chi connectivity index (χ1v) is 7.78. The highest BCUT2D eigenvalue weighted by atomic mass is 35.5. The van der Waals surface area contributed by atoms with E-state index in [1.165, 1.54) is 19.0 Å². The summed E-state index contributed by atoms with van der Waals surface area (Å²) in [6, 6.07) is 1.67. The lowest BCUT2D eigenvalue weighted by Gasteiger charge is -2.28. The van der Waals surface area contributed by atoms with E-state index in [1.807, 2.05) is 0 Å². The number of pyridine rings is 1. The third kappa shape index (κ3) is 4.58. The molecule has 1 aromatic heterocycles. The molecular weight excluding hydrogens is 288 g/mol. The molecule has 1 fully saturated rings. The van der Waals surface area contributed by atoms with E-state index in [4.69, 9.17) is 11.6 Å². The first-order chi connectivity index (χ1) is 10.1. The van der Waals surface area contributed by atoms with Crippen LogP contribution in [0.2, 0.25) is 5.02 Å². The summed E-state index contributed by atoms with van der Waals surface area (Å²) in [4.78, 5) is 18.6. The Bertz CT molecular complexity index is 487. The number of carbonyl (C=O) groups is 1. The van der Waals surface area contributed by atoms with E-state index in [0.29, 0.717) is 28.9 Å². The maximum absolute atomic E-state index is 12.2. The molecule has 1 aliphatic rings. The van der Waals surface area contributed by atoms with Crippen LogP contribution in [0, 0.1) is 5.92 Å². The van der Waals surface area contributed by atoms with Gasteiger partial charge in [0.25, 0.3) is 5.91 Å². The Labute approximate surface area is 131 Å². The smallest absolute Gasteiger partial charge is 0.252 e. The summed E-state index contributed by atoms with van der Waals surface area (Å²) in [6.45, 7) is 3.00. The van der Waals surface area contributed by atoms with Crippen molar-refractivity contribution in [2.45, 2.75) is 19.3 Å². The minimum absolute atomic E-state index is 0.133. The number of hydrogen-bond acceptors (Lipinski definition) is 4. The zero-order valence-corrected chi connectivity index (χ0v) is 13.4. The number of nitrogens with one attached hydrogen (secondary N) is 2. The van der Waals surface area contributed by atoms with Crippen LogP contribution in [0.3, 0.4) is 0 Å². The Hall–Kier alpha value is -1.33. The summed E-state index contributed by atoms with van der Waals surface area (Å²) in [6.07, 6.45) is 4.96. The number of carbonyl (C=O) groups excluding carboxylic acids is 1. The number of halogens is 1. The molecule has 0 bridgehead atoms. The van der Waals surface area contributed by atoms with Gasteiger partial charge in [0.15, 0.2) is 0 Å². The number of nitrogens with zero attached hydrogens (tertiary/aromatic N) is 2. The van der Waals surface area contributed by atoms with Gasteiger partial charge in [-0.15, -0.1) is 0 Å². The number of hydrogen-bond donors (Lipinski definition) is 2. The van der Waals surface area contributed by atoms with Crippen LogP contribution in [0.5, 0.6) is 0 Å². The molecule has 116 valence electrons. The van der Waals surface area contributed by atoms with E-state index in [-0.39, 0.29) is 5.91 Å². The third-order valence-corrected chi connectivity index (χ3v) is 4.33. The summed E-state index contributed by atoms with van der Waals surface area (Å²) in [5.74, 6) is 1.22. The van der Waals surface area contributed by atoms with Crippen LogP contribution in [0.1, 0.15) is 29.6 Å². The molecule has 1 aliphatic heterocycles. The topological polar surface area (TPSA) is 57.3 Å². The van der Waals surface area contributed by atoms with Gasteiger partial charge in [-0.25, -0.2) is 4.98 Å². The summed E-state index contributed by atoms with van der Waals surface area (Å²) >= 11 is 6.04. The molecule has 2 N–H and O–H groups in total. The molecule has 1 saturated heterocycles. The Morgan fingerprint density at radius 3 is 2.86 bits per heavy atom. The normalized spacial score (nSPS) is 16.7. The largest absolute Gasteiger partial charge is 0.373 e. The van der Waals surface area contributed by atoms with E-state index in [2.05, 4.69) is 27.6 Å².